The first-order chi connectivity index (χ1) is 11.0. The fraction of sp³-hybridized carbons (Fsp3) is 0.250. The lowest BCUT2D eigenvalue weighted by molar-refractivity contribution is 0.181. The van der Waals surface area contributed by atoms with Crippen LogP contribution in [0.4, 0.5) is 5.82 Å². The van der Waals surface area contributed by atoms with Gasteiger partial charge in [0.15, 0.2) is 5.82 Å². The quantitative estimate of drug-likeness (QED) is 0.618. The van der Waals surface area contributed by atoms with Crippen molar-refractivity contribution < 1.29 is 9.47 Å². The van der Waals surface area contributed by atoms with Crippen molar-refractivity contribution in [1.29, 1.82) is 0 Å². The Kier molecular flexibility index (Phi) is 6.21. The van der Waals surface area contributed by atoms with Crippen LogP contribution >= 0.6 is 23.2 Å². The van der Waals surface area contributed by atoms with Crippen molar-refractivity contribution in [3.05, 3.63) is 51.6 Å². The summed E-state index contributed by atoms with van der Waals surface area (Å²) in [4.78, 5) is 4.10. The van der Waals surface area contributed by atoms with Crippen LogP contribution in [-0.4, -0.2) is 24.9 Å². The van der Waals surface area contributed by atoms with Gasteiger partial charge >= 0.3 is 0 Å². The summed E-state index contributed by atoms with van der Waals surface area (Å²) >= 11 is 11.9. The third-order valence-electron chi connectivity index (χ3n) is 3.14. The van der Waals surface area contributed by atoms with Crippen molar-refractivity contribution in [1.82, 2.24) is 4.98 Å². The van der Waals surface area contributed by atoms with E-state index in [0.717, 1.165) is 22.6 Å². The molecule has 5 nitrogen and oxygen atoms in total. The van der Waals surface area contributed by atoms with Crippen LogP contribution in [0.25, 0.3) is 0 Å². The van der Waals surface area contributed by atoms with Gasteiger partial charge in [-0.2, -0.15) is 5.10 Å². The molecule has 0 radical (unpaired) electrons. The zero-order chi connectivity index (χ0) is 16.8. The largest absolute Gasteiger partial charge is 0.496 e. The Morgan fingerprint density at radius 3 is 2.70 bits per heavy atom. The molecule has 0 atom stereocenters. The Morgan fingerprint density at radius 1 is 1.26 bits per heavy atom. The lowest BCUT2D eigenvalue weighted by atomic mass is 10.1. The number of benzene rings is 1. The number of pyridine rings is 1. The number of rotatable bonds is 6. The SMILES string of the molecule is COCc1cc(/C(C)=N\Nc2ncc(Cl)cc2Cl)ccc1OC. The van der Waals surface area contributed by atoms with Crippen molar-refractivity contribution in [2.75, 3.05) is 19.6 Å². The predicted octanol–water partition coefficient (Wildman–Crippen LogP) is 4.38. The molecule has 0 unspecified atom stereocenters. The Labute approximate surface area is 145 Å². The van der Waals surface area contributed by atoms with Gasteiger partial charge in [0.05, 0.1) is 29.5 Å². The van der Waals surface area contributed by atoms with E-state index in [9.17, 15) is 0 Å². The van der Waals surface area contributed by atoms with Crippen LogP contribution < -0.4 is 10.2 Å². The Balaban J connectivity index is 2.21. The van der Waals surface area contributed by atoms with Crippen LogP contribution in [0.1, 0.15) is 18.1 Å². The molecule has 1 aromatic heterocycles. The van der Waals surface area contributed by atoms with Gasteiger partial charge in [-0.05, 0) is 36.8 Å². The number of aromatic nitrogens is 1. The van der Waals surface area contributed by atoms with E-state index in [4.69, 9.17) is 32.7 Å². The van der Waals surface area contributed by atoms with Gasteiger partial charge < -0.3 is 9.47 Å². The Morgan fingerprint density at radius 2 is 2.04 bits per heavy atom. The molecule has 0 fully saturated rings. The summed E-state index contributed by atoms with van der Waals surface area (Å²) < 4.78 is 10.5. The van der Waals surface area contributed by atoms with E-state index < -0.39 is 0 Å². The van der Waals surface area contributed by atoms with Crippen molar-refractivity contribution in [2.24, 2.45) is 5.10 Å². The molecule has 1 aromatic carbocycles. The van der Waals surface area contributed by atoms with Gasteiger partial charge in [-0.1, -0.05) is 23.2 Å². The van der Waals surface area contributed by atoms with E-state index in [-0.39, 0.29) is 0 Å². The molecule has 0 saturated carbocycles. The molecular formula is C16H17Cl2N3O2. The molecule has 1 heterocycles. The van der Waals surface area contributed by atoms with E-state index in [1.54, 1.807) is 20.3 Å². The molecule has 0 spiro atoms. The lowest BCUT2D eigenvalue weighted by Crippen LogP contribution is -2.03. The van der Waals surface area contributed by atoms with Gasteiger partial charge in [0.25, 0.3) is 0 Å². The zero-order valence-corrected chi connectivity index (χ0v) is 14.6. The standard InChI is InChI=1S/C16H17Cl2N3O2/c1-10(20-21-16-14(18)7-13(17)8-19-16)11-4-5-15(23-3)12(6-11)9-22-2/h4-8H,9H2,1-3H3,(H,19,21)/b20-10-. The molecule has 2 rings (SSSR count). The number of nitrogens with one attached hydrogen (secondary N) is 1. The van der Waals surface area contributed by atoms with E-state index >= 15 is 0 Å². The number of hydrazone groups is 1. The molecule has 0 aliphatic carbocycles. The van der Waals surface area contributed by atoms with Crippen molar-refractivity contribution >= 4 is 34.7 Å². The number of nitrogens with zero attached hydrogens (tertiary/aromatic N) is 2. The number of halogens is 2. The zero-order valence-electron chi connectivity index (χ0n) is 13.1. The van der Waals surface area contributed by atoms with E-state index in [2.05, 4.69) is 15.5 Å². The Bertz CT molecular complexity index is 720. The normalized spacial score (nSPS) is 11.4. The summed E-state index contributed by atoms with van der Waals surface area (Å²) in [6, 6.07) is 7.39. The van der Waals surface area contributed by atoms with Crippen LogP contribution in [0.2, 0.25) is 10.0 Å². The van der Waals surface area contributed by atoms with E-state index in [1.165, 1.54) is 6.20 Å². The monoisotopic (exact) mass is 353 g/mol. The smallest absolute Gasteiger partial charge is 0.165 e. The van der Waals surface area contributed by atoms with Gasteiger partial charge in [-0.15, -0.1) is 0 Å². The average molecular weight is 354 g/mol. The third-order valence-corrected chi connectivity index (χ3v) is 3.63. The lowest BCUT2D eigenvalue weighted by Gasteiger charge is -2.10. The summed E-state index contributed by atoms with van der Waals surface area (Å²) in [5.41, 5.74) is 5.51. The third kappa shape index (κ3) is 4.58. The fourth-order valence-electron chi connectivity index (χ4n) is 1.97. The molecule has 2 aromatic rings. The second-order valence-corrected chi connectivity index (χ2v) is 5.60. The van der Waals surface area contributed by atoms with Gasteiger partial charge in [0.1, 0.15) is 5.75 Å². The fourth-order valence-corrected chi connectivity index (χ4v) is 2.39. The van der Waals surface area contributed by atoms with Gasteiger partial charge in [0.2, 0.25) is 0 Å². The highest BCUT2D eigenvalue weighted by molar-refractivity contribution is 6.35. The van der Waals surface area contributed by atoms with Crippen molar-refractivity contribution in [2.45, 2.75) is 13.5 Å². The van der Waals surface area contributed by atoms with Crippen molar-refractivity contribution in [3.8, 4) is 5.75 Å². The summed E-state index contributed by atoms with van der Waals surface area (Å²) in [6.07, 6.45) is 1.50. The first-order valence-electron chi connectivity index (χ1n) is 6.82. The number of methoxy groups -OCH3 is 2. The second-order valence-electron chi connectivity index (χ2n) is 4.75. The first kappa shape index (κ1) is 17.5. The minimum Gasteiger partial charge on any atom is -0.496 e. The molecule has 0 amide bonds. The summed E-state index contributed by atoms with van der Waals surface area (Å²) in [5.74, 6) is 1.22. The number of hydrogen-bond donors (Lipinski definition) is 1. The van der Waals surface area contributed by atoms with Gasteiger partial charge in [-0.3, -0.25) is 5.43 Å². The van der Waals surface area contributed by atoms with Crippen molar-refractivity contribution in [3.63, 3.8) is 0 Å². The molecule has 23 heavy (non-hydrogen) atoms. The molecule has 0 bridgehead atoms. The molecule has 0 saturated heterocycles. The van der Waals surface area contributed by atoms with Crippen LogP contribution in [-0.2, 0) is 11.3 Å². The molecular weight excluding hydrogens is 337 g/mol. The van der Waals surface area contributed by atoms with Crippen LogP contribution in [0.15, 0.2) is 35.6 Å². The van der Waals surface area contributed by atoms with Crippen LogP contribution in [0.5, 0.6) is 5.75 Å². The van der Waals surface area contributed by atoms with Crippen LogP contribution in [0, 0.1) is 0 Å². The number of ether oxygens (including phenoxy) is 2. The molecule has 7 heteroatoms. The minimum absolute atomic E-state index is 0.406. The molecule has 0 aliphatic rings. The highest BCUT2D eigenvalue weighted by atomic mass is 35.5. The molecule has 1 N–H and O–H groups in total. The summed E-state index contributed by atoms with van der Waals surface area (Å²) in [6.45, 7) is 2.34. The number of hydrogen-bond acceptors (Lipinski definition) is 5. The summed E-state index contributed by atoms with van der Waals surface area (Å²) in [5, 5.41) is 5.19. The maximum atomic E-state index is 6.05. The minimum atomic E-state index is 0.406. The Hall–Kier alpha value is -1.82. The predicted molar refractivity (Wildman–Crippen MR) is 93.8 cm³/mol. The summed E-state index contributed by atoms with van der Waals surface area (Å²) in [7, 11) is 3.27. The second kappa shape index (κ2) is 8.15. The van der Waals surface area contributed by atoms with Gasteiger partial charge in [-0.25, -0.2) is 4.98 Å². The maximum absolute atomic E-state index is 6.05. The maximum Gasteiger partial charge on any atom is 0.165 e. The number of anilines is 1. The highest BCUT2D eigenvalue weighted by Crippen LogP contribution is 2.23. The van der Waals surface area contributed by atoms with Gasteiger partial charge in [0, 0.05) is 18.9 Å². The highest BCUT2D eigenvalue weighted by Gasteiger charge is 2.07. The molecule has 0 aliphatic heterocycles. The van der Waals surface area contributed by atoms with Crippen LogP contribution in [0.3, 0.4) is 0 Å². The molecule has 122 valence electrons. The first-order valence-corrected chi connectivity index (χ1v) is 7.58. The average Bonchev–Trinajstić information content (AvgIpc) is 2.54. The topological polar surface area (TPSA) is 55.7 Å². The van der Waals surface area contributed by atoms with E-state index in [0.29, 0.717) is 22.5 Å². The van der Waals surface area contributed by atoms with E-state index in [1.807, 2.05) is 25.1 Å².